The van der Waals surface area contributed by atoms with Gasteiger partial charge < -0.3 is 9.47 Å². The van der Waals surface area contributed by atoms with Crippen LogP contribution in [0.5, 0.6) is 0 Å². The monoisotopic (exact) mass is 394 g/mol. The van der Waals surface area contributed by atoms with Crippen LogP contribution in [-0.2, 0) is 22.5 Å². The molecular weight excluding hydrogens is 380 g/mol. The van der Waals surface area contributed by atoms with Crippen LogP contribution in [0, 0.1) is 0 Å². The fourth-order valence-corrected chi connectivity index (χ4v) is 4.76. The first-order valence-electron chi connectivity index (χ1n) is 7.44. The second-order valence-corrected chi connectivity index (χ2v) is 7.94. The highest BCUT2D eigenvalue weighted by Crippen LogP contribution is 2.41. The Labute approximate surface area is 146 Å². The van der Waals surface area contributed by atoms with E-state index in [1.54, 1.807) is 11.3 Å². The molecule has 0 N–H and O–H groups in total. The molecule has 1 aromatic carbocycles. The maximum absolute atomic E-state index is 12.6. The maximum Gasteiger partial charge on any atom is 0.411 e. The smallest absolute Gasteiger partial charge is 0.411 e. The Morgan fingerprint density at radius 3 is 3.04 bits per heavy atom. The maximum atomic E-state index is 12.6. The molecule has 2 unspecified atom stereocenters. The van der Waals surface area contributed by atoms with E-state index in [0.29, 0.717) is 19.6 Å². The Kier molecular flexibility index (Phi) is 4.09. The van der Waals surface area contributed by atoms with Crippen molar-refractivity contribution in [3.8, 4) is 0 Å². The van der Waals surface area contributed by atoms with E-state index in [-0.39, 0.29) is 24.8 Å². The molecule has 23 heavy (non-hydrogen) atoms. The van der Waals surface area contributed by atoms with E-state index in [9.17, 15) is 4.79 Å². The number of ether oxygens (including phenoxy) is 2. The van der Waals surface area contributed by atoms with E-state index in [1.807, 2.05) is 35.2 Å². The molecule has 2 atom stereocenters. The summed E-state index contributed by atoms with van der Waals surface area (Å²) in [7, 11) is 0. The summed E-state index contributed by atoms with van der Waals surface area (Å²) in [5.74, 6) is 0. The van der Waals surface area contributed by atoms with E-state index in [0.717, 1.165) is 20.1 Å². The van der Waals surface area contributed by atoms with Gasteiger partial charge in [-0.2, -0.15) is 0 Å². The van der Waals surface area contributed by atoms with Crippen molar-refractivity contribution in [1.29, 1.82) is 0 Å². The van der Waals surface area contributed by atoms with Gasteiger partial charge in [0.2, 0.25) is 0 Å². The molecule has 2 bridgehead atoms. The number of amides is 1. The summed E-state index contributed by atoms with van der Waals surface area (Å²) >= 11 is 5.01. The molecule has 7 heteroatoms. The van der Waals surface area contributed by atoms with Crippen LogP contribution in [0.2, 0.25) is 0 Å². The zero-order valence-electron chi connectivity index (χ0n) is 12.3. The number of morpholine rings is 1. The van der Waals surface area contributed by atoms with Crippen molar-refractivity contribution in [3.05, 3.63) is 50.4 Å². The third-order valence-corrected chi connectivity index (χ3v) is 5.81. The molecule has 4 rings (SSSR count). The van der Waals surface area contributed by atoms with Gasteiger partial charge in [0.05, 0.1) is 35.9 Å². The van der Waals surface area contributed by atoms with Gasteiger partial charge in [0.15, 0.2) is 3.92 Å². The molecule has 1 saturated heterocycles. The second kappa shape index (κ2) is 6.22. The normalized spacial score (nSPS) is 22.6. The topological polar surface area (TPSA) is 51.7 Å². The fraction of sp³-hybridized carbons (Fsp3) is 0.375. The van der Waals surface area contributed by atoms with E-state index in [2.05, 4.69) is 20.9 Å². The molecule has 120 valence electrons. The number of fused-ring (bicyclic) bond motifs is 4. The molecular formula is C16H15BrN2O3S. The first-order valence-corrected chi connectivity index (χ1v) is 9.05. The van der Waals surface area contributed by atoms with Crippen LogP contribution in [-0.4, -0.2) is 35.2 Å². The number of aromatic nitrogens is 1. The van der Waals surface area contributed by atoms with Gasteiger partial charge in [-0.1, -0.05) is 30.3 Å². The Morgan fingerprint density at radius 1 is 1.39 bits per heavy atom. The zero-order valence-corrected chi connectivity index (χ0v) is 14.7. The molecule has 0 aliphatic carbocycles. The van der Waals surface area contributed by atoms with E-state index >= 15 is 0 Å². The molecule has 3 heterocycles. The summed E-state index contributed by atoms with van der Waals surface area (Å²) in [6.07, 6.45) is 0.441. The highest BCUT2D eigenvalue weighted by atomic mass is 79.9. The summed E-state index contributed by atoms with van der Waals surface area (Å²) < 4.78 is 12.0. The zero-order chi connectivity index (χ0) is 15.8. The highest BCUT2D eigenvalue weighted by Gasteiger charge is 2.43. The van der Waals surface area contributed by atoms with Gasteiger partial charge in [-0.25, -0.2) is 9.78 Å². The minimum Gasteiger partial charge on any atom is -0.445 e. The molecule has 5 nitrogen and oxygen atoms in total. The fourth-order valence-electron chi connectivity index (χ4n) is 3.12. The predicted octanol–water partition coefficient (Wildman–Crippen LogP) is 3.54. The molecule has 1 fully saturated rings. The van der Waals surface area contributed by atoms with Crippen LogP contribution in [0.4, 0.5) is 4.79 Å². The van der Waals surface area contributed by atoms with E-state index in [1.165, 1.54) is 0 Å². The number of carbonyl (C=O) groups is 1. The number of thiazole rings is 1. The molecule has 2 aliphatic rings. The molecule has 0 spiro atoms. The van der Waals surface area contributed by atoms with Gasteiger partial charge in [-0.15, -0.1) is 11.3 Å². The van der Waals surface area contributed by atoms with Crippen LogP contribution >= 0.6 is 27.3 Å². The summed E-state index contributed by atoms with van der Waals surface area (Å²) in [5.41, 5.74) is 2.06. The summed E-state index contributed by atoms with van der Waals surface area (Å²) in [6, 6.07) is 9.63. The quantitative estimate of drug-likeness (QED) is 0.781. The van der Waals surface area contributed by atoms with Crippen molar-refractivity contribution in [2.75, 3.05) is 13.2 Å². The van der Waals surface area contributed by atoms with Crippen LogP contribution in [0.3, 0.4) is 0 Å². The summed E-state index contributed by atoms with van der Waals surface area (Å²) in [5, 5.41) is 0. The van der Waals surface area contributed by atoms with E-state index < -0.39 is 0 Å². The molecule has 0 saturated carbocycles. The van der Waals surface area contributed by atoms with Gasteiger partial charge in [0, 0.05) is 6.42 Å². The minimum absolute atomic E-state index is 0.00137. The van der Waals surface area contributed by atoms with Gasteiger partial charge in [0.25, 0.3) is 0 Å². The SMILES string of the molecule is O=C(OCc1ccccc1)N1C2COCC1c1sc(Br)nc1C2. The average Bonchev–Trinajstić information content (AvgIpc) is 2.93. The van der Waals surface area contributed by atoms with Crippen LogP contribution in [0.15, 0.2) is 34.2 Å². The number of hydrogen-bond acceptors (Lipinski definition) is 5. The highest BCUT2D eigenvalue weighted by molar-refractivity contribution is 9.11. The van der Waals surface area contributed by atoms with Gasteiger partial charge in [0.1, 0.15) is 6.61 Å². The number of nitrogens with zero attached hydrogens (tertiary/aromatic N) is 2. The Bertz CT molecular complexity index is 721. The Hall–Kier alpha value is -1.44. The number of carbonyl (C=O) groups excluding carboxylic acids is 1. The first-order chi connectivity index (χ1) is 11.2. The Morgan fingerprint density at radius 2 is 2.22 bits per heavy atom. The molecule has 2 aliphatic heterocycles. The molecule has 2 aromatic rings. The van der Waals surface area contributed by atoms with Crippen molar-refractivity contribution in [1.82, 2.24) is 9.88 Å². The third kappa shape index (κ3) is 2.88. The predicted molar refractivity (Wildman–Crippen MR) is 89.3 cm³/mol. The lowest BCUT2D eigenvalue weighted by molar-refractivity contribution is -0.0525. The van der Waals surface area contributed by atoms with Crippen molar-refractivity contribution < 1.29 is 14.3 Å². The van der Waals surface area contributed by atoms with Crippen LogP contribution in [0.1, 0.15) is 22.2 Å². The molecule has 0 radical (unpaired) electrons. The lowest BCUT2D eigenvalue weighted by Gasteiger charge is -2.43. The second-order valence-electron chi connectivity index (χ2n) is 5.64. The van der Waals surface area contributed by atoms with Crippen LogP contribution in [0.25, 0.3) is 0 Å². The third-order valence-electron chi connectivity index (χ3n) is 4.16. The van der Waals surface area contributed by atoms with Crippen molar-refractivity contribution in [2.45, 2.75) is 25.1 Å². The van der Waals surface area contributed by atoms with Gasteiger partial charge >= 0.3 is 6.09 Å². The summed E-state index contributed by atoms with van der Waals surface area (Å²) in [4.78, 5) is 20.1. The van der Waals surface area contributed by atoms with Crippen molar-refractivity contribution >= 4 is 33.4 Å². The average molecular weight is 395 g/mol. The molecule has 1 aromatic heterocycles. The first kappa shape index (κ1) is 15.1. The number of hydrogen-bond donors (Lipinski definition) is 0. The number of rotatable bonds is 2. The minimum atomic E-state index is -0.276. The molecule has 1 amide bonds. The standard InChI is InChI=1S/C16H15BrN2O3S/c17-15-18-12-6-11-8-21-9-13(14(12)23-15)19(11)16(20)22-7-10-4-2-1-3-5-10/h1-5,11,13H,6-9H2. The van der Waals surface area contributed by atoms with Gasteiger partial charge in [-0.3, -0.25) is 4.90 Å². The number of benzene rings is 1. The van der Waals surface area contributed by atoms with E-state index in [4.69, 9.17) is 9.47 Å². The number of halogens is 1. The van der Waals surface area contributed by atoms with Crippen LogP contribution < -0.4 is 0 Å². The van der Waals surface area contributed by atoms with Gasteiger partial charge in [-0.05, 0) is 21.5 Å². The lowest BCUT2D eigenvalue weighted by atomic mass is 9.97. The Balaban J connectivity index is 1.53. The largest absolute Gasteiger partial charge is 0.445 e. The van der Waals surface area contributed by atoms with Crippen molar-refractivity contribution in [3.63, 3.8) is 0 Å². The summed E-state index contributed by atoms with van der Waals surface area (Å²) in [6.45, 7) is 1.32. The van der Waals surface area contributed by atoms with Crippen molar-refractivity contribution in [2.24, 2.45) is 0 Å². The lowest BCUT2D eigenvalue weighted by Crippen LogP contribution is -2.54.